The number of rotatable bonds is 8. The van der Waals surface area contributed by atoms with Gasteiger partial charge < -0.3 is 15.4 Å². The van der Waals surface area contributed by atoms with Crippen LogP contribution < -0.4 is 21.9 Å². The molecule has 1 saturated heterocycles. The molecule has 0 bridgehead atoms. The number of hydrogen-bond donors (Lipinski definition) is 1. The minimum absolute atomic E-state index is 0.00693. The number of carbonyl (C=O) groups is 1. The third-order valence-electron chi connectivity index (χ3n) is 7.15. The molecule has 5 rings (SSSR count). The van der Waals surface area contributed by atoms with E-state index in [2.05, 4.69) is 23.4 Å². The number of piperidine rings is 1. The van der Waals surface area contributed by atoms with Crippen LogP contribution in [0.4, 0.5) is 5.95 Å². The highest BCUT2D eigenvalue weighted by atomic mass is 16.5. The lowest BCUT2D eigenvalue weighted by Gasteiger charge is -2.31. The van der Waals surface area contributed by atoms with Crippen LogP contribution in [0.1, 0.15) is 31.2 Å². The third-order valence-corrected chi connectivity index (χ3v) is 7.15. The molecule has 11 nitrogen and oxygen atoms in total. The molecule has 0 saturated carbocycles. The molecule has 212 valence electrons. The molecule has 1 aromatic carbocycles. The zero-order valence-electron chi connectivity index (χ0n) is 23.3. The second-order valence-electron chi connectivity index (χ2n) is 10.1. The van der Waals surface area contributed by atoms with E-state index in [4.69, 9.17) is 15.5 Å². The van der Waals surface area contributed by atoms with Crippen molar-refractivity contribution in [3.8, 4) is 11.8 Å². The van der Waals surface area contributed by atoms with E-state index in [0.29, 0.717) is 24.7 Å². The lowest BCUT2D eigenvalue weighted by Crippen LogP contribution is -2.44. The van der Waals surface area contributed by atoms with Crippen molar-refractivity contribution in [1.29, 1.82) is 0 Å². The summed E-state index contributed by atoms with van der Waals surface area (Å²) in [5.74, 6) is 5.74. The van der Waals surface area contributed by atoms with Crippen LogP contribution in [0.2, 0.25) is 0 Å². The molecule has 2 N–H and O–H groups in total. The Morgan fingerprint density at radius 1 is 1.22 bits per heavy atom. The molecule has 0 aliphatic carbocycles. The van der Waals surface area contributed by atoms with Crippen molar-refractivity contribution in [1.82, 2.24) is 23.7 Å². The molecule has 3 aromatic heterocycles. The fraction of sp³-hybridized carbons (Fsp3) is 0.367. The van der Waals surface area contributed by atoms with E-state index in [-0.39, 0.29) is 36.9 Å². The van der Waals surface area contributed by atoms with Gasteiger partial charge in [0, 0.05) is 30.2 Å². The Bertz CT molecular complexity index is 1820. The first-order valence-corrected chi connectivity index (χ1v) is 13.6. The van der Waals surface area contributed by atoms with Crippen LogP contribution in [0.15, 0.2) is 52.6 Å². The highest BCUT2D eigenvalue weighted by Crippen LogP contribution is 2.24. The molecule has 1 aliphatic rings. The van der Waals surface area contributed by atoms with Crippen molar-refractivity contribution in [2.24, 2.45) is 5.73 Å². The second-order valence-corrected chi connectivity index (χ2v) is 10.1. The van der Waals surface area contributed by atoms with E-state index < -0.39 is 23.8 Å². The Morgan fingerprint density at radius 2 is 2.02 bits per heavy atom. The fourth-order valence-electron chi connectivity index (χ4n) is 5.31. The maximum Gasteiger partial charge on any atom is 0.333 e. The van der Waals surface area contributed by atoms with Crippen LogP contribution in [0.25, 0.3) is 21.9 Å². The van der Waals surface area contributed by atoms with Crippen molar-refractivity contribution in [3.05, 3.63) is 75.2 Å². The number of esters is 1. The summed E-state index contributed by atoms with van der Waals surface area (Å²) >= 11 is 0. The first kappa shape index (κ1) is 27.9. The highest BCUT2D eigenvalue weighted by Gasteiger charge is 2.28. The number of benzene rings is 1. The molecule has 0 amide bonds. The number of aromatic nitrogens is 5. The SMILES string of the molecule is C=CCOC(=O)Cn1c(=O)n(Cc2nc(C)cc3ccccc23)c(=O)c2c1nc(N1CCCC(N)C1)n2CC#CC. The molecule has 1 aliphatic heterocycles. The number of hydrogen-bond acceptors (Lipinski definition) is 8. The molecule has 1 unspecified atom stereocenters. The van der Waals surface area contributed by atoms with Crippen LogP contribution >= 0.6 is 0 Å². The second kappa shape index (κ2) is 11.8. The Hall–Kier alpha value is -4.69. The van der Waals surface area contributed by atoms with Gasteiger partial charge in [0.1, 0.15) is 13.2 Å². The summed E-state index contributed by atoms with van der Waals surface area (Å²) in [5, 5.41) is 1.78. The van der Waals surface area contributed by atoms with Crippen molar-refractivity contribution < 1.29 is 9.53 Å². The molecule has 4 aromatic rings. The number of nitrogens with zero attached hydrogens (tertiary/aromatic N) is 6. The van der Waals surface area contributed by atoms with E-state index in [1.54, 1.807) is 11.5 Å². The number of imidazole rings is 1. The molecule has 1 atom stereocenters. The minimum Gasteiger partial charge on any atom is -0.460 e. The predicted octanol–water partition coefficient (Wildman–Crippen LogP) is 1.94. The summed E-state index contributed by atoms with van der Waals surface area (Å²) in [6.07, 6.45) is 3.19. The van der Waals surface area contributed by atoms with Gasteiger partial charge in [0.2, 0.25) is 5.95 Å². The van der Waals surface area contributed by atoms with E-state index in [1.165, 1.54) is 10.6 Å². The highest BCUT2D eigenvalue weighted by molar-refractivity contribution is 5.85. The molecular weight excluding hydrogens is 522 g/mol. The lowest BCUT2D eigenvalue weighted by atomic mass is 10.1. The van der Waals surface area contributed by atoms with Gasteiger partial charge in [-0.3, -0.25) is 28.3 Å². The van der Waals surface area contributed by atoms with Gasteiger partial charge in [-0.05, 0) is 38.1 Å². The van der Waals surface area contributed by atoms with Crippen molar-refractivity contribution in [3.63, 3.8) is 0 Å². The zero-order chi connectivity index (χ0) is 29.1. The molecule has 0 radical (unpaired) electrons. The summed E-state index contributed by atoms with van der Waals surface area (Å²) < 4.78 is 9.22. The van der Waals surface area contributed by atoms with Crippen LogP contribution in [-0.4, -0.2) is 55.4 Å². The molecule has 41 heavy (non-hydrogen) atoms. The summed E-state index contributed by atoms with van der Waals surface area (Å²) in [5.41, 5.74) is 6.65. The maximum atomic E-state index is 14.2. The van der Waals surface area contributed by atoms with Crippen molar-refractivity contribution >= 4 is 33.9 Å². The molecule has 11 heteroatoms. The summed E-state index contributed by atoms with van der Waals surface area (Å²) in [6, 6.07) is 9.57. The topological polar surface area (TPSA) is 130 Å². The van der Waals surface area contributed by atoms with Gasteiger partial charge in [0.05, 0.1) is 18.8 Å². The van der Waals surface area contributed by atoms with Gasteiger partial charge in [-0.2, -0.15) is 4.98 Å². The van der Waals surface area contributed by atoms with E-state index in [0.717, 1.165) is 33.9 Å². The van der Waals surface area contributed by atoms with Crippen molar-refractivity contribution in [2.45, 2.75) is 52.4 Å². The van der Waals surface area contributed by atoms with Crippen LogP contribution in [0.5, 0.6) is 0 Å². The number of carbonyl (C=O) groups excluding carboxylic acids is 1. The normalized spacial score (nSPS) is 15.1. The zero-order valence-corrected chi connectivity index (χ0v) is 23.3. The first-order chi connectivity index (χ1) is 19.8. The van der Waals surface area contributed by atoms with Gasteiger partial charge in [-0.1, -0.05) is 42.8 Å². The molecular formula is C30H33N7O4. The van der Waals surface area contributed by atoms with E-state index in [9.17, 15) is 14.4 Å². The quantitative estimate of drug-likeness (QED) is 0.198. The average Bonchev–Trinajstić information content (AvgIpc) is 3.34. The van der Waals surface area contributed by atoms with Gasteiger partial charge in [0.15, 0.2) is 11.2 Å². The average molecular weight is 556 g/mol. The van der Waals surface area contributed by atoms with Gasteiger partial charge in [-0.25, -0.2) is 4.79 Å². The number of ether oxygens (including phenoxy) is 1. The van der Waals surface area contributed by atoms with E-state index in [1.807, 2.05) is 42.2 Å². The number of pyridine rings is 1. The molecule has 4 heterocycles. The monoisotopic (exact) mass is 555 g/mol. The van der Waals surface area contributed by atoms with Crippen LogP contribution in [0, 0.1) is 18.8 Å². The maximum absolute atomic E-state index is 14.2. The summed E-state index contributed by atoms with van der Waals surface area (Å²) in [7, 11) is 0. The predicted molar refractivity (Wildman–Crippen MR) is 158 cm³/mol. The number of nitrogens with two attached hydrogens (primary N) is 1. The Kier molecular flexibility index (Phi) is 8.03. The summed E-state index contributed by atoms with van der Waals surface area (Å²) in [4.78, 5) is 52.3. The number of aryl methyl sites for hydroxylation is 1. The third kappa shape index (κ3) is 5.51. The standard InChI is InChI=1S/C30H33N7O4/c1-4-6-14-35-26-27(33-29(35)34-13-9-11-22(31)17-34)36(19-25(38)41-15-5-2)30(40)37(28(26)39)18-24-23-12-8-7-10-21(23)16-20(3)32-24/h5,7-8,10,12,16,22H,2,9,11,13-15,17-19,31H2,1,3H3. The number of fused-ring (bicyclic) bond motifs is 2. The Balaban J connectivity index is 1.77. The Labute approximate surface area is 236 Å². The summed E-state index contributed by atoms with van der Waals surface area (Å²) in [6.45, 7) is 8.03. The van der Waals surface area contributed by atoms with Crippen LogP contribution in [-0.2, 0) is 29.2 Å². The van der Waals surface area contributed by atoms with Gasteiger partial charge in [-0.15, -0.1) is 5.92 Å². The minimum atomic E-state index is -0.682. The van der Waals surface area contributed by atoms with Gasteiger partial charge in [0.25, 0.3) is 5.56 Å². The largest absolute Gasteiger partial charge is 0.460 e. The molecule has 1 fully saturated rings. The lowest BCUT2D eigenvalue weighted by molar-refractivity contribution is -0.143. The number of anilines is 1. The smallest absolute Gasteiger partial charge is 0.333 e. The molecule has 0 spiro atoms. The Morgan fingerprint density at radius 3 is 2.78 bits per heavy atom. The van der Waals surface area contributed by atoms with E-state index >= 15 is 0 Å². The fourth-order valence-corrected chi connectivity index (χ4v) is 5.31. The van der Waals surface area contributed by atoms with Crippen LogP contribution in [0.3, 0.4) is 0 Å². The van der Waals surface area contributed by atoms with Gasteiger partial charge >= 0.3 is 11.7 Å². The van der Waals surface area contributed by atoms with Crippen molar-refractivity contribution in [2.75, 3.05) is 24.6 Å². The first-order valence-electron chi connectivity index (χ1n) is 13.6.